The quantitative estimate of drug-likeness (QED) is 0.196. The molecule has 2 fully saturated rings. The third kappa shape index (κ3) is 5.73. The molecule has 0 bridgehead atoms. The molecule has 3 N–H and O–H groups in total. The van der Waals surface area contributed by atoms with E-state index in [1.165, 1.54) is 0 Å². The second-order valence-corrected chi connectivity index (χ2v) is 10.6. The number of halogens is 2. The Morgan fingerprint density at radius 3 is 1.68 bits per heavy atom. The molecule has 0 saturated heterocycles. The van der Waals surface area contributed by atoms with E-state index in [2.05, 4.69) is 4.98 Å². The molecule has 2 heterocycles. The summed E-state index contributed by atoms with van der Waals surface area (Å²) >= 11 is 12.4. The van der Waals surface area contributed by atoms with Gasteiger partial charge in [0.25, 0.3) is 0 Å². The fourth-order valence-corrected chi connectivity index (χ4v) is 5.18. The molecule has 40 heavy (non-hydrogen) atoms. The van der Waals surface area contributed by atoms with Gasteiger partial charge in [-0.1, -0.05) is 41.4 Å². The third-order valence-corrected chi connectivity index (χ3v) is 7.70. The fourth-order valence-electron chi connectivity index (χ4n) is 4.63. The number of aromatic nitrogens is 1. The van der Waals surface area contributed by atoms with Crippen molar-refractivity contribution in [1.82, 2.24) is 4.98 Å². The van der Waals surface area contributed by atoms with Gasteiger partial charge in [0.2, 0.25) is 0 Å². The monoisotopic (exact) mass is 579 g/mol. The summed E-state index contributed by atoms with van der Waals surface area (Å²) in [6.45, 7) is 0. The summed E-state index contributed by atoms with van der Waals surface area (Å²) in [6, 6.07) is 17.3. The first kappa shape index (κ1) is 27.4. The van der Waals surface area contributed by atoms with Crippen LogP contribution in [0.25, 0.3) is 22.6 Å². The summed E-state index contributed by atoms with van der Waals surface area (Å²) in [5.41, 5.74) is 3.32. The normalized spacial score (nSPS) is 20.6. The number of carboxylic acid groups (broad SMARTS) is 2. The van der Waals surface area contributed by atoms with Crippen molar-refractivity contribution in [2.24, 2.45) is 23.7 Å². The molecule has 2 saturated carbocycles. The van der Waals surface area contributed by atoms with Crippen molar-refractivity contribution in [3.63, 3.8) is 0 Å². The lowest BCUT2D eigenvalue weighted by Gasteiger charge is -2.05. The van der Waals surface area contributed by atoms with Gasteiger partial charge < -0.3 is 19.6 Å². The number of H-pyrrole nitrogens is 1. The van der Waals surface area contributed by atoms with Crippen LogP contribution < -0.4 is 0 Å². The molecular weight excluding hydrogens is 557 g/mol. The molecule has 2 aliphatic rings. The molecule has 2 aliphatic carbocycles. The number of carbonyl (C=O) groups excluding carboxylic acids is 2. The van der Waals surface area contributed by atoms with E-state index in [0.29, 0.717) is 45.3 Å². The van der Waals surface area contributed by atoms with E-state index >= 15 is 0 Å². The van der Waals surface area contributed by atoms with Crippen LogP contribution in [-0.2, 0) is 9.59 Å². The smallest absolute Gasteiger partial charge is 0.307 e. The minimum Gasteiger partial charge on any atom is -0.481 e. The number of furan rings is 1. The van der Waals surface area contributed by atoms with Gasteiger partial charge in [-0.05, 0) is 55.3 Å². The number of aliphatic carboxylic acids is 2. The summed E-state index contributed by atoms with van der Waals surface area (Å²) < 4.78 is 5.26. The maximum absolute atomic E-state index is 12.1. The number of hydrogen-bond acceptors (Lipinski definition) is 5. The van der Waals surface area contributed by atoms with E-state index in [-0.39, 0.29) is 11.6 Å². The van der Waals surface area contributed by atoms with Crippen molar-refractivity contribution in [3.8, 4) is 22.6 Å². The molecular formula is C30H23Cl2NO7. The number of rotatable bonds is 8. The molecule has 10 heteroatoms. The second kappa shape index (κ2) is 11.2. The molecule has 0 unspecified atom stereocenters. The number of nitrogens with one attached hydrogen (secondary N) is 1. The van der Waals surface area contributed by atoms with Crippen LogP contribution in [0.5, 0.6) is 0 Å². The molecule has 4 atom stereocenters. The zero-order chi connectivity index (χ0) is 28.6. The zero-order valence-electron chi connectivity index (χ0n) is 20.8. The Balaban J connectivity index is 0.000000161. The van der Waals surface area contributed by atoms with Crippen molar-refractivity contribution < 1.29 is 33.8 Å². The SMILES string of the molecule is O=C(O)[C@H]1C[C@@H]1C(=O)c1ccc(-c2ccc[nH]2)c(Cl)c1.O=C(O)[C@H]1C[C@@H]1C(=O)c1ccc(-c2ccco2)c(Cl)c1. The van der Waals surface area contributed by atoms with E-state index in [0.717, 1.165) is 11.3 Å². The molecule has 8 nitrogen and oxygen atoms in total. The van der Waals surface area contributed by atoms with Crippen LogP contribution in [-0.4, -0.2) is 38.7 Å². The van der Waals surface area contributed by atoms with Crippen molar-refractivity contribution >= 4 is 46.7 Å². The van der Waals surface area contributed by atoms with E-state index < -0.39 is 35.6 Å². The Kier molecular flexibility index (Phi) is 7.65. The summed E-state index contributed by atoms with van der Waals surface area (Å²) in [4.78, 5) is 48.9. The average Bonchev–Trinajstić information content (AvgIpc) is 3.78. The molecule has 204 valence electrons. The number of Topliss-reactive ketones (excluding diaryl/α,β-unsaturated/α-hetero) is 2. The zero-order valence-corrected chi connectivity index (χ0v) is 22.4. The molecule has 4 aromatic rings. The lowest BCUT2D eigenvalue weighted by molar-refractivity contribution is -0.139. The highest BCUT2D eigenvalue weighted by Gasteiger charge is 2.49. The van der Waals surface area contributed by atoms with Gasteiger partial charge in [-0.2, -0.15) is 0 Å². The van der Waals surface area contributed by atoms with Gasteiger partial charge in [0.1, 0.15) is 5.76 Å². The highest BCUT2D eigenvalue weighted by Crippen LogP contribution is 2.43. The summed E-state index contributed by atoms with van der Waals surface area (Å²) in [6.07, 6.45) is 4.18. The fraction of sp³-hybridized carbons (Fsp3) is 0.200. The van der Waals surface area contributed by atoms with Gasteiger partial charge in [0.05, 0.1) is 28.1 Å². The van der Waals surface area contributed by atoms with Gasteiger partial charge >= 0.3 is 11.9 Å². The summed E-state index contributed by atoms with van der Waals surface area (Å²) in [7, 11) is 0. The van der Waals surface area contributed by atoms with Gasteiger partial charge in [-0.15, -0.1) is 0 Å². The van der Waals surface area contributed by atoms with Crippen molar-refractivity contribution in [2.75, 3.05) is 0 Å². The Morgan fingerprint density at radius 1 is 0.725 bits per heavy atom. The second-order valence-electron chi connectivity index (χ2n) is 9.75. The minimum atomic E-state index is -0.915. The van der Waals surface area contributed by atoms with Crippen LogP contribution in [0.1, 0.15) is 33.6 Å². The van der Waals surface area contributed by atoms with Crippen LogP contribution >= 0.6 is 23.2 Å². The first-order valence-electron chi connectivity index (χ1n) is 12.5. The van der Waals surface area contributed by atoms with Crippen molar-refractivity contribution in [3.05, 3.63) is 94.3 Å². The van der Waals surface area contributed by atoms with E-state index in [4.69, 9.17) is 37.8 Å². The van der Waals surface area contributed by atoms with Crippen LogP contribution in [0.15, 0.2) is 77.5 Å². The van der Waals surface area contributed by atoms with Crippen molar-refractivity contribution in [1.29, 1.82) is 0 Å². The highest BCUT2D eigenvalue weighted by molar-refractivity contribution is 6.34. The first-order valence-corrected chi connectivity index (χ1v) is 13.2. The number of hydrogen-bond donors (Lipinski definition) is 3. The van der Waals surface area contributed by atoms with E-state index in [9.17, 15) is 19.2 Å². The van der Waals surface area contributed by atoms with E-state index in [1.54, 1.807) is 61.0 Å². The molecule has 0 aliphatic heterocycles. The summed E-state index contributed by atoms with van der Waals surface area (Å²) in [5, 5.41) is 18.6. The molecule has 6 rings (SSSR count). The van der Waals surface area contributed by atoms with Gasteiger partial charge in [-0.25, -0.2) is 0 Å². The lowest BCUT2D eigenvalue weighted by Crippen LogP contribution is -2.08. The van der Waals surface area contributed by atoms with Crippen LogP contribution in [0.2, 0.25) is 10.0 Å². The van der Waals surface area contributed by atoms with Crippen LogP contribution in [0.4, 0.5) is 0 Å². The Bertz CT molecular complexity index is 1470. The maximum Gasteiger partial charge on any atom is 0.307 e. The van der Waals surface area contributed by atoms with Gasteiger partial charge in [-0.3, -0.25) is 19.2 Å². The number of aromatic amines is 1. The lowest BCUT2D eigenvalue weighted by atomic mass is 10.0. The Labute approximate surface area is 238 Å². The average molecular weight is 580 g/mol. The minimum absolute atomic E-state index is 0.141. The molecule has 0 amide bonds. The predicted octanol–water partition coefficient (Wildman–Crippen LogP) is 6.74. The number of ketones is 2. The number of carboxylic acids is 2. The third-order valence-electron chi connectivity index (χ3n) is 7.07. The first-order chi connectivity index (χ1) is 19.2. The number of carbonyl (C=O) groups is 4. The largest absolute Gasteiger partial charge is 0.481 e. The highest BCUT2D eigenvalue weighted by atomic mass is 35.5. The number of benzene rings is 2. The molecule has 0 radical (unpaired) electrons. The molecule has 0 spiro atoms. The Hall–Kier alpha value is -4.14. The van der Waals surface area contributed by atoms with Gasteiger partial charge in [0.15, 0.2) is 11.6 Å². The topological polar surface area (TPSA) is 138 Å². The van der Waals surface area contributed by atoms with Crippen molar-refractivity contribution in [2.45, 2.75) is 12.8 Å². The standard InChI is InChI=1S/C15H12ClNO3.C15H11ClO4/c16-12-6-8(14(18)10-7-11(10)15(19)20)3-4-9(12)13-2-1-5-17-13;16-12-6-8(14(17)10-7-11(10)15(18)19)3-4-9(12)13-2-1-5-20-13/h1-6,10-11,17H,7H2,(H,19,20);1-6,10-11H,7H2,(H,18,19)/t2*10-,11-/m00/s1. The van der Waals surface area contributed by atoms with E-state index in [1.807, 2.05) is 12.1 Å². The maximum atomic E-state index is 12.1. The van der Waals surface area contributed by atoms with Crippen LogP contribution in [0.3, 0.4) is 0 Å². The molecule has 2 aromatic heterocycles. The Morgan fingerprint density at radius 2 is 1.27 bits per heavy atom. The molecule has 2 aromatic carbocycles. The summed E-state index contributed by atoms with van der Waals surface area (Å²) in [5.74, 6) is -3.40. The predicted molar refractivity (Wildman–Crippen MR) is 148 cm³/mol. The van der Waals surface area contributed by atoms with Gasteiger partial charge in [0, 0.05) is 46.0 Å². The van der Waals surface area contributed by atoms with Crippen LogP contribution in [0, 0.1) is 23.7 Å².